The Labute approximate surface area is 76.9 Å². The van der Waals surface area contributed by atoms with Gasteiger partial charge in [0.1, 0.15) is 5.84 Å². The molecule has 6 heteroatoms. The average molecular weight is 189 g/mol. The number of nitrogens with one attached hydrogen (secondary N) is 2. The van der Waals surface area contributed by atoms with Crippen molar-refractivity contribution < 1.29 is 14.7 Å². The van der Waals surface area contributed by atoms with Crippen LogP contribution in [0.5, 0.6) is 0 Å². The van der Waals surface area contributed by atoms with Gasteiger partial charge in [0.2, 0.25) is 0 Å². The predicted molar refractivity (Wildman–Crippen MR) is 48.4 cm³/mol. The summed E-state index contributed by atoms with van der Waals surface area (Å²) in [6.45, 7) is 3.09. The van der Waals surface area contributed by atoms with Gasteiger partial charge in [-0.25, -0.2) is 0 Å². The van der Waals surface area contributed by atoms with Crippen molar-refractivity contribution in [2.75, 3.05) is 20.3 Å². The van der Waals surface area contributed by atoms with E-state index in [1.807, 2.05) is 0 Å². The summed E-state index contributed by atoms with van der Waals surface area (Å²) in [4.78, 5) is 18.0. The molecular weight excluding hydrogens is 174 g/mol. The van der Waals surface area contributed by atoms with Crippen molar-refractivity contribution in [2.45, 2.75) is 13.3 Å². The van der Waals surface area contributed by atoms with E-state index < -0.39 is 5.97 Å². The van der Waals surface area contributed by atoms with Crippen LogP contribution in [-0.4, -0.2) is 37.2 Å². The lowest BCUT2D eigenvalue weighted by molar-refractivity contribution is -0.136. The molecule has 1 aliphatic rings. The second-order valence-electron chi connectivity index (χ2n) is 2.24. The normalized spacial score (nSPS) is 14.2. The number of hydrogen-bond donors (Lipinski definition) is 3. The molecule has 0 radical (unpaired) electrons. The van der Waals surface area contributed by atoms with Gasteiger partial charge in [0.05, 0.1) is 20.3 Å². The first-order chi connectivity index (χ1) is 6.20. The molecule has 0 aromatic carbocycles. The molecule has 0 saturated carbocycles. The minimum absolute atomic E-state index is 0.222. The first kappa shape index (κ1) is 11.9. The van der Waals surface area contributed by atoms with Gasteiger partial charge in [0.15, 0.2) is 0 Å². The van der Waals surface area contributed by atoms with Gasteiger partial charge in [-0.15, -0.1) is 0 Å². The van der Waals surface area contributed by atoms with Crippen LogP contribution >= 0.6 is 0 Å². The summed E-state index contributed by atoms with van der Waals surface area (Å²) in [5, 5.41) is 10.7. The number of amidine groups is 1. The van der Waals surface area contributed by atoms with Gasteiger partial charge in [-0.3, -0.25) is 25.4 Å². The van der Waals surface area contributed by atoms with Crippen molar-refractivity contribution in [3.8, 4) is 0 Å². The lowest BCUT2D eigenvalue weighted by Gasteiger charge is -1.97. The van der Waals surface area contributed by atoms with Crippen molar-refractivity contribution in [2.24, 2.45) is 4.99 Å². The summed E-state index contributed by atoms with van der Waals surface area (Å²) in [5.74, 6) is 0.123. The van der Waals surface area contributed by atoms with Gasteiger partial charge in [-0.05, 0) is 0 Å². The van der Waals surface area contributed by atoms with E-state index in [4.69, 9.17) is 5.11 Å². The molecular formula is C7H15N3O3. The highest BCUT2D eigenvalue weighted by molar-refractivity contribution is 5.84. The zero-order valence-corrected chi connectivity index (χ0v) is 7.83. The second kappa shape index (κ2) is 7.51. The lowest BCUT2D eigenvalue weighted by atomic mass is 10.5. The average Bonchev–Trinajstić information content (AvgIpc) is 2.59. The fraction of sp³-hybridized carbons (Fsp3) is 0.714. The van der Waals surface area contributed by atoms with Crippen molar-refractivity contribution in [1.29, 1.82) is 0 Å². The minimum atomic E-state index is -0.745. The fourth-order valence-corrected chi connectivity index (χ4v) is 0.568. The van der Waals surface area contributed by atoms with Crippen LogP contribution in [0.25, 0.3) is 0 Å². The first-order valence-electron chi connectivity index (χ1n) is 3.95. The van der Waals surface area contributed by atoms with E-state index in [2.05, 4.69) is 20.6 Å². The fourth-order valence-electron chi connectivity index (χ4n) is 0.568. The van der Waals surface area contributed by atoms with E-state index >= 15 is 0 Å². The van der Waals surface area contributed by atoms with E-state index in [-0.39, 0.29) is 6.42 Å². The van der Waals surface area contributed by atoms with Gasteiger partial charge in [0.25, 0.3) is 0 Å². The number of hydrogen-bond acceptors (Lipinski definition) is 5. The zero-order valence-electron chi connectivity index (χ0n) is 7.83. The number of carboxylic acid groups (broad SMARTS) is 1. The van der Waals surface area contributed by atoms with Gasteiger partial charge in [-0.1, -0.05) is 6.92 Å². The molecule has 0 unspecified atom stereocenters. The summed E-state index contributed by atoms with van der Waals surface area (Å²) in [5.41, 5.74) is 2.63. The Balaban J connectivity index is 0.000000252. The highest BCUT2D eigenvalue weighted by Crippen LogP contribution is 1.79. The number of nitrogens with zero attached hydrogens (tertiary/aromatic N) is 1. The van der Waals surface area contributed by atoms with Gasteiger partial charge < -0.3 is 5.11 Å². The molecule has 13 heavy (non-hydrogen) atoms. The molecule has 0 aliphatic carbocycles. The van der Waals surface area contributed by atoms with Crippen molar-refractivity contribution in [1.82, 2.24) is 10.8 Å². The van der Waals surface area contributed by atoms with Gasteiger partial charge in [-0.2, -0.15) is 0 Å². The Bertz CT molecular complexity index is 182. The van der Waals surface area contributed by atoms with E-state index in [1.54, 1.807) is 14.0 Å². The smallest absolute Gasteiger partial charge is 0.303 e. The van der Waals surface area contributed by atoms with Crippen LogP contribution in [0.2, 0.25) is 0 Å². The van der Waals surface area contributed by atoms with Crippen LogP contribution in [0.1, 0.15) is 13.3 Å². The Kier molecular flexibility index (Phi) is 6.85. The van der Waals surface area contributed by atoms with Gasteiger partial charge >= 0.3 is 5.97 Å². The predicted octanol–water partition coefficient (Wildman–Crippen LogP) is -0.422. The molecule has 0 aromatic rings. The Hall–Kier alpha value is -1.14. The number of rotatable bonds is 2. The highest BCUT2D eigenvalue weighted by atomic mass is 16.6. The first-order valence-corrected chi connectivity index (χ1v) is 3.95. The molecule has 1 rings (SSSR count). The van der Waals surface area contributed by atoms with E-state index in [1.165, 1.54) is 0 Å². The standard InChI is InChI=1S/C4H9N3O.C3H6O2/c1-8-7-4-2-5-3-6-4;1-2-3(4)5/h5H,2-3H2,1H3,(H,6,7);2H2,1H3,(H,4,5). The third kappa shape index (κ3) is 7.23. The van der Waals surface area contributed by atoms with Crippen LogP contribution < -0.4 is 10.8 Å². The van der Waals surface area contributed by atoms with Crippen LogP contribution in [0.3, 0.4) is 0 Å². The van der Waals surface area contributed by atoms with Crippen molar-refractivity contribution in [3.05, 3.63) is 0 Å². The number of hydroxylamine groups is 1. The van der Waals surface area contributed by atoms with E-state index in [9.17, 15) is 4.79 Å². The number of aliphatic carboxylic acids is 1. The Morgan fingerprint density at radius 3 is 2.77 bits per heavy atom. The summed E-state index contributed by atoms with van der Waals surface area (Å²) in [6, 6.07) is 0. The maximum absolute atomic E-state index is 9.37. The summed E-state index contributed by atoms with van der Waals surface area (Å²) >= 11 is 0. The van der Waals surface area contributed by atoms with Crippen LogP contribution in [-0.2, 0) is 9.63 Å². The highest BCUT2D eigenvalue weighted by Gasteiger charge is 2.01. The monoisotopic (exact) mass is 189 g/mol. The van der Waals surface area contributed by atoms with Crippen LogP contribution in [0.15, 0.2) is 4.99 Å². The molecule has 0 aromatic heterocycles. The molecule has 1 heterocycles. The molecule has 1 aliphatic heterocycles. The maximum atomic E-state index is 9.37. The molecule has 0 saturated heterocycles. The second-order valence-corrected chi connectivity index (χ2v) is 2.24. The van der Waals surface area contributed by atoms with Crippen LogP contribution in [0.4, 0.5) is 0 Å². The van der Waals surface area contributed by atoms with Gasteiger partial charge in [0, 0.05) is 6.42 Å². The quantitative estimate of drug-likeness (QED) is 0.514. The molecule has 0 amide bonds. The minimum Gasteiger partial charge on any atom is -0.481 e. The molecule has 0 spiro atoms. The topological polar surface area (TPSA) is 83.0 Å². The Morgan fingerprint density at radius 1 is 1.85 bits per heavy atom. The molecule has 0 atom stereocenters. The third-order valence-electron chi connectivity index (χ3n) is 1.20. The summed E-state index contributed by atoms with van der Waals surface area (Å²) < 4.78 is 0. The number of aliphatic imine (C=N–C) groups is 1. The summed E-state index contributed by atoms with van der Waals surface area (Å²) in [6.07, 6.45) is 0.222. The molecule has 6 nitrogen and oxygen atoms in total. The Morgan fingerprint density at radius 2 is 2.46 bits per heavy atom. The largest absolute Gasteiger partial charge is 0.481 e. The van der Waals surface area contributed by atoms with Crippen molar-refractivity contribution in [3.63, 3.8) is 0 Å². The molecule has 0 fully saturated rings. The van der Waals surface area contributed by atoms with Crippen molar-refractivity contribution >= 4 is 11.8 Å². The summed E-state index contributed by atoms with van der Waals surface area (Å²) in [7, 11) is 1.57. The third-order valence-corrected chi connectivity index (χ3v) is 1.20. The molecule has 76 valence electrons. The van der Waals surface area contributed by atoms with Crippen LogP contribution in [0, 0.1) is 0 Å². The molecule has 3 N–H and O–H groups in total. The maximum Gasteiger partial charge on any atom is 0.303 e. The zero-order chi connectivity index (χ0) is 10.1. The van der Waals surface area contributed by atoms with E-state index in [0.29, 0.717) is 6.67 Å². The lowest BCUT2D eigenvalue weighted by Crippen LogP contribution is -2.26. The molecule has 0 bridgehead atoms. The number of carboxylic acids is 1. The SMILES string of the molecule is CCC(=O)O.CONC1=NCNC1. The number of carbonyl (C=O) groups is 1. The van der Waals surface area contributed by atoms with E-state index in [0.717, 1.165) is 12.4 Å².